The first kappa shape index (κ1) is 15.2. The average Bonchev–Trinajstić information content (AvgIpc) is 2.90. The van der Waals surface area contributed by atoms with E-state index >= 15 is 0 Å². The Morgan fingerprint density at radius 3 is 2.76 bits per heavy atom. The van der Waals surface area contributed by atoms with Crippen molar-refractivity contribution in [2.75, 3.05) is 11.9 Å². The molecule has 110 valence electrons. The number of thiophene rings is 1. The lowest BCUT2D eigenvalue weighted by atomic mass is 10.1. The molecule has 1 amide bonds. The van der Waals surface area contributed by atoms with E-state index < -0.39 is 11.9 Å². The Morgan fingerprint density at radius 2 is 2.10 bits per heavy atom. The van der Waals surface area contributed by atoms with Gasteiger partial charge in [0.05, 0.1) is 12.2 Å². The van der Waals surface area contributed by atoms with Gasteiger partial charge in [-0.25, -0.2) is 9.18 Å². The summed E-state index contributed by atoms with van der Waals surface area (Å²) in [6.07, 6.45) is 0. The van der Waals surface area contributed by atoms with Crippen molar-refractivity contribution in [1.82, 2.24) is 0 Å². The minimum atomic E-state index is -0.482. The van der Waals surface area contributed by atoms with Gasteiger partial charge in [-0.15, -0.1) is 11.3 Å². The number of amides is 1. The summed E-state index contributed by atoms with van der Waals surface area (Å²) in [5, 5.41) is 4.76. The molecule has 1 aromatic carbocycles. The third-order valence-corrected chi connectivity index (χ3v) is 3.64. The highest BCUT2D eigenvalue weighted by Gasteiger charge is 2.17. The highest BCUT2D eigenvalue weighted by atomic mass is 32.1. The normalized spacial score (nSPS) is 10.2. The van der Waals surface area contributed by atoms with Gasteiger partial charge in [-0.05, 0) is 49.1 Å². The summed E-state index contributed by atoms with van der Waals surface area (Å²) in [6, 6.07) is 5.69. The molecule has 0 radical (unpaired) electrons. The summed E-state index contributed by atoms with van der Waals surface area (Å²) < 4.78 is 18.1. The minimum absolute atomic E-state index is 0.263. The van der Waals surface area contributed by atoms with Crippen LogP contribution in [0.4, 0.5) is 9.39 Å². The lowest BCUT2D eigenvalue weighted by molar-refractivity contribution is 0.0528. The number of carbonyl (C=O) groups is 2. The van der Waals surface area contributed by atoms with E-state index in [4.69, 9.17) is 4.74 Å². The minimum Gasteiger partial charge on any atom is -0.462 e. The summed E-state index contributed by atoms with van der Waals surface area (Å²) >= 11 is 1.23. The first-order valence-corrected chi connectivity index (χ1v) is 7.23. The van der Waals surface area contributed by atoms with Gasteiger partial charge in [0.2, 0.25) is 0 Å². The van der Waals surface area contributed by atoms with Gasteiger partial charge in [0.15, 0.2) is 0 Å². The van der Waals surface area contributed by atoms with Crippen LogP contribution in [0.3, 0.4) is 0 Å². The fourth-order valence-electron chi connectivity index (χ4n) is 1.74. The molecule has 1 N–H and O–H groups in total. The van der Waals surface area contributed by atoms with Crippen molar-refractivity contribution in [2.45, 2.75) is 13.8 Å². The number of rotatable bonds is 4. The van der Waals surface area contributed by atoms with Gasteiger partial charge in [0.25, 0.3) is 5.91 Å². The molecule has 4 nitrogen and oxygen atoms in total. The van der Waals surface area contributed by atoms with Crippen molar-refractivity contribution in [3.8, 4) is 0 Å². The zero-order chi connectivity index (χ0) is 15.4. The summed E-state index contributed by atoms with van der Waals surface area (Å²) in [5.74, 6) is -1.25. The Morgan fingerprint density at radius 1 is 1.33 bits per heavy atom. The number of nitrogens with one attached hydrogen (secondary N) is 1. The molecule has 0 aliphatic heterocycles. The van der Waals surface area contributed by atoms with E-state index in [0.29, 0.717) is 21.7 Å². The first-order chi connectivity index (χ1) is 10.0. The van der Waals surface area contributed by atoms with Crippen LogP contribution >= 0.6 is 11.3 Å². The SMILES string of the molecule is CCOC(=O)c1ccsc1NC(=O)c1ccc(F)c(C)c1. The third kappa shape index (κ3) is 3.46. The average molecular weight is 307 g/mol. The molecule has 0 unspecified atom stereocenters. The van der Waals surface area contributed by atoms with Crippen LogP contribution in [0.1, 0.15) is 33.2 Å². The monoisotopic (exact) mass is 307 g/mol. The Bertz CT molecular complexity index is 681. The molecule has 0 atom stereocenters. The largest absolute Gasteiger partial charge is 0.462 e. The topological polar surface area (TPSA) is 55.4 Å². The van der Waals surface area contributed by atoms with Gasteiger partial charge >= 0.3 is 5.97 Å². The maximum absolute atomic E-state index is 13.2. The lowest BCUT2D eigenvalue weighted by Crippen LogP contribution is -2.14. The number of anilines is 1. The maximum atomic E-state index is 13.2. The first-order valence-electron chi connectivity index (χ1n) is 6.35. The van der Waals surface area contributed by atoms with Crippen molar-refractivity contribution >= 4 is 28.2 Å². The Balaban J connectivity index is 2.18. The lowest BCUT2D eigenvalue weighted by Gasteiger charge is -2.07. The van der Waals surface area contributed by atoms with Crippen LogP contribution in [0.5, 0.6) is 0 Å². The van der Waals surface area contributed by atoms with Crippen molar-refractivity contribution < 1.29 is 18.7 Å². The molecule has 0 fully saturated rings. The standard InChI is InChI=1S/C15H14FNO3S/c1-3-20-15(19)11-6-7-21-14(11)17-13(18)10-4-5-12(16)9(2)8-10/h4-8H,3H2,1-2H3,(H,17,18). The van der Waals surface area contributed by atoms with Crippen LogP contribution in [0.25, 0.3) is 0 Å². The van der Waals surface area contributed by atoms with Crippen molar-refractivity contribution in [3.63, 3.8) is 0 Å². The molecular formula is C15H14FNO3S. The Kier molecular flexibility index (Phi) is 4.70. The highest BCUT2D eigenvalue weighted by molar-refractivity contribution is 7.14. The molecule has 0 aliphatic rings. The summed E-state index contributed by atoms with van der Waals surface area (Å²) in [7, 11) is 0. The summed E-state index contributed by atoms with van der Waals surface area (Å²) in [4.78, 5) is 23.9. The van der Waals surface area contributed by atoms with Gasteiger partial charge in [0, 0.05) is 5.56 Å². The molecule has 1 heterocycles. The molecule has 2 rings (SSSR count). The molecule has 1 aromatic heterocycles. The van der Waals surface area contributed by atoms with E-state index in [1.165, 1.54) is 29.5 Å². The number of hydrogen-bond donors (Lipinski definition) is 1. The smallest absolute Gasteiger partial charge is 0.341 e. The van der Waals surface area contributed by atoms with E-state index in [-0.39, 0.29) is 12.4 Å². The molecule has 21 heavy (non-hydrogen) atoms. The van der Waals surface area contributed by atoms with Crippen LogP contribution in [-0.2, 0) is 4.74 Å². The second kappa shape index (κ2) is 6.49. The molecule has 0 aliphatic carbocycles. The molecule has 0 spiro atoms. The van der Waals surface area contributed by atoms with E-state index in [2.05, 4.69) is 5.32 Å². The van der Waals surface area contributed by atoms with Gasteiger partial charge in [0.1, 0.15) is 10.8 Å². The van der Waals surface area contributed by atoms with Crippen LogP contribution in [0.2, 0.25) is 0 Å². The van der Waals surface area contributed by atoms with Crippen molar-refractivity contribution in [1.29, 1.82) is 0 Å². The van der Waals surface area contributed by atoms with Gasteiger partial charge in [-0.3, -0.25) is 4.79 Å². The predicted octanol–water partition coefficient (Wildman–Crippen LogP) is 3.62. The van der Waals surface area contributed by atoms with E-state index in [1.54, 1.807) is 25.3 Å². The number of esters is 1. The van der Waals surface area contributed by atoms with Gasteiger partial charge < -0.3 is 10.1 Å². The number of benzene rings is 1. The van der Waals surface area contributed by atoms with Crippen molar-refractivity contribution in [3.05, 3.63) is 52.2 Å². The molecule has 2 aromatic rings. The van der Waals surface area contributed by atoms with Gasteiger partial charge in [-0.1, -0.05) is 0 Å². The number of ether oxygens (including phenoxy) is 1. The molecule has 0 saturated heterocycles. The summed E-state index contributed by atoms with van der Waals surface area (Å²) in [5.41, 5.74) is 1.03. The molecule has 0 saturated carbocycles. The number of hydrogen-bond acceptors (Lipinski definition) is 4. The van der Waals surface area contributed by atoms with Crippen LogP contribution in [0.15, 0.2) is 29.6 Å². The second-order valence-electron chi connectivity index (χ2n) is 4.30. The quantitative estimate of drug-likeness (QED) is 0.878. The highest BCUT2D eigenvalue weighted by Crippen LogP contribution is 2.25. The van der Waals surface area contributed by atoms with E-state index in [9.17, 15) is 14.0 Å². The van der Waals surface area contributed by atoms with Crippen molar-refractivity contribution in [2.24, 2.45) is 0 Å². The summed E-state index contributed by atoms with van der Waals surface area (Å²) in [6.45, 7) is 3.56. The van der Waals surface area contributed by atoms with Crippen LogP contribution in [0, 0.1) is 12.7 Å². The molecule has 0 bridgehead atoms. The second-order valence-corrected chi connectivity index (χ2v) is 5.22. The fraction of sp³-hybridized carbons (Fsp3) is 0.200. The van der Waals surface area contributed by atoms with Crippen LogP contribution in [-0.4, -0.2) is 18.5 Å². The number of carbonyl (C=O) groups excluding carboxylic acids is 2. The zero-order valence-electron chi connectivity index (χ0n) is 11.6. The Labute approximate surface area is 125 Å². The van der Waals surface area contributed by atoms with Gasteiger partial charge in [-0.2, -0.15) is 0 Å². The third-order valence-electron chi connectivity index (χ3n) is 2.81. The zero-order valence-corrected chi connectivity index (χ0v) is 12.4. The molecular weight excluding hydrogens is 293 g/mol. The van der Waals surface area contributed by atoms with E-state index in [1.807, 2.05) is 0 Å². The molecule has 6 heteroatoms. The van der Waals surface area contributed by atoms with Crippen LogP contribution < -0.4 is 5.32 Å². The Hall–Kier alpha value is -2.21. The predicted molar refractivity (Wildman–Crippen MR) is 79.4 cm³/mol. The number of aryl methyl sites for hydroxylation is 1. The van der Waals surface area contributed by atoms with E-state index in [0.717, 1.165) is 0 Å². The number of halogens is 1. The fourth-order valence-corrected chi connectivity index (χ4v) is 2.51. The maximum Gasteiger partial charge on any atom is 0.341 e.